The first-order valence-electron chi connectivity index (χ1n) is 6.97. The van der Waals surface area contributed by atoms with Crippen LogP contribution in [-0.4, -0.2) is 14.3 Å². The van der Waals surface area contributed by atoms with Gasteiger partial charge in [-0.1, -0.05) is 16.0 Å². The Balaban J connectivity index is 2.00. The third-order valence-corrected chi connectivity index (χ3v) is 3.40. The number of aryl methyl sites for hydroxylation is 1. The molecule has 0 aromatic heterocycles. The molecule has 0 aliphatic heterocycles. The minimum atomic E-state index is -5.05. The molecule has 0 radical (unpaired) electrons. The number of nitrogens with one attached hydrogen (secondary N) is 1. The summed E-state index contributed by atoms with van der Waals surface area (Å²) >= 11 is 0. The van der Waals surface area contributed by atoms with Crippen molar-refractivity contribution in [3.8, 4) is 11.5 Å². The van der Waals surface area contributed by atoms with E-state index in [1.165, 1.54) is 25.1 Å². The molecule has 6 nitrogen and oxygen atoms in total. The molecule has 128 valence electrons. The Morgan fingerprint density at radius 3 is 2.38 bits per heavy atom. The van der Waals surface area contributed by atoms with E-state index in [0.717, 1.165) is 5.56 Å². The van der Waals surface area contributed by atoms with Crippen LogP contribution >= 0.6 is 0 Å². The predicted molar refractivity (Wildman–Crippen MR) is 86.9 cm³/mol. The molecule has 0 aliphatic rings. The Bertz CT molecular complexity index is 834. The van der Waals surface area contributed by atoms with Crippen molar-refractivity contribution in [2.75, 3.05) is 5.32 Å². The van der Waals surface area contributed by atoms with Gasteiger partial charge < -0.3 is 14.2 Å². The number of carbonyl (C=O) groups is 1. The molecule has 1 amide bonds. The summed E-state index contributed by atoms with van der Waals surface area (Å²) in [4.78, 5) is 11.0. The van der Waals surface area contributed by atoms with Crippen LogP contribution in [-0.2, 0) is 21.9 Å². The van der Waals surface area contributed by atoms with Gasteiger partial charge in [-0.3, -0.25) is 4.79 Å². The molecule has 0 spiro atoms. The fraction of sp³-hybridized carbons (Fsp3) is 0.188. The predicted octanol–water partition coefficient (Wildman–Crippen LogP) is 3.13. The lowest BCUT2D eigenvalue weighted by molar-refractivity contribution is -0.114. The average Bonchev–Trinajstić information content (AvgIpc) is 2.46. The van der Waals surface area contributed by atoms with Crippen molar-refractivity contribution in [1.29, 1.82) is 0 Å². The standard InChI is InChI=1S/C16H16FNO5S/c1-11-9-15(23-24(17,20)21)7-8-16(11)22-10-13-3-5-14(6-4-13)18-12(2)19/h3-9H,10H2,1-2H3,(H,18,19). The summed E-state index contributed by atoms with van der Waals surface area (Å²) in [6.07, 6.45) is 0. The second kappa shape index (κ2) is 7.31. The van der Waals surface area contributed by atoms with E-state index in [1.54, 1.807) is 19.1 Å². The van der Waals surface area contributed by atoms with Gasteiger partial charge in [-0.05, 0) is 48.4 Å². The second-order valence-corrected chi connectivity index (χ2v) is 6.02. The lowest BCUT2D eigenvalue weighted by Crippen LogP contribution is -2.05. The van der Waals surface area contributed by atoms with Gasteiger partial charge in [-0.25, -0.2) is 0 Å². The Morgan fingerprint density at radius 2 is 1.83 bits per heavy atom. The van der Waals surface area contributed by atoms with Crippen molar-refractivity contribution in [1.82, 2.24) is 0 Å². The van der Waals surface area contributed by atoms with Gasteiger partial charge >= 0.3 is 10.5 Å². The number of benzene rings is 2. The number of hydrogen-bond acceptors (Lipinski definition) is 5. The number of rotatable bonds is 6. The van der Waals surface area contributed by atoms with Crippen LogP contribution in [0.25, 0.3) is 0 Å². The van der Waals surface area contributed by atoms with E-state index in [4.69, 9.17) is 4.74 Å². The number of ether oxygens (including phenoxy) is 1. The first-order chi connectivity index (χ1) is 11.2. The Labute approximate surface area is 139 Å². The smallest absolute Gasteiger partial charge is 0.488 e. The minimum Gasteiger partial charge on any atom is -0.489 e. The van der Waals surface area contributed by atoms with Crippen LogP contribution in [0.1, 0.15) is 18.1 Å². The minimum absolute atomic E-state index is 0.123. The third-order valence-electron chi connectivity index (χ3n) is 3.01. The maximum atomic E-state index is 12.5. The van der Waals surface area contributed by atoms with Crippen LogP contribution in [0.5, 0.6) is 11.5 Å². The Morgan fingerprint density at radius 1 is 1.17 bits per heavy atom. The normalized spacial score (nSPS) is 11.0. The zero-order chi connectivity index (χ0) is 17.7. The monoisotopic (exact) mass is 353 g/mol. The van der Waals surface area contributed by atoms with E-state index >= 15 is 0 Å². The van der Waals surface area contributed by atoms with Crippen molar-refractivity contribution in [2.24, 2.45) is 0 Å². The van der Waals surface area contributed by atoms with E-state index in [1.807, 2.05) is 12.1 Å². The van der Waals surface area contributed by atoms with Gasteiger partial charge in [-0.15, -0.1) is 0 Å². The fourth-order valence-corrected chi connectivity index (χ4v) is 2.33. The van der Waals surface area contributed by atoms with Crippen molar-refractivity contribution >= 4 is 22.1 Å². The molecule has 1 N–H and O–H groups in total. The van der Waals surface area contributed by atoms with E-state index < -0.39 is 10.5 Å². The average molecular weight is 353 g/mol. The zero-order valence-corrected chi connectivity index (χ0v) is 13.9. The molecule has 0 saturated carbocycles. The van der Waals surface area contributed by atoms with E-state index in [0.29, 0.717) is 17.0 Å². The molecule has 2 rings (SSSR count). The molecule has 8 heteroatoms. The van der Waals surface area contributed by atoms with Crippen LogP contribution in [0, 0.1) is 6.92 Å². The number of anilines is 1. The molecule has 0 fully saturated rings. The molecule has 0 aliphatic carbocycles. The number of carbonyl (C=O) groups excluding carboxylic acids is 1. The van der Waals surface area contributed by atoms with Gasteiger partial charge in [0.25, 0.3) is 0 Å². The van der Waals surface area contributed by atoms with Gasteiger partial charge in [-0.2, -0.15) is 8.42 Å². The molecule has 0 bridgehead atoms. The zero-order valence-electron chi connectivity index (χ0n) is 13.1. The molecular formula is C16H16FNO5S. The number of halogens is 1. The summed E-state index contributed by atoms with van der Waals surface area (Å²) in [5, 5.41) is 2.67. The van der Waals surface area contributed by atoms with Gasteiger partial charge in [0.15, 0.2) is 0 Å². The SMILES string of the molecule is CC(=O)Nc1ccc(COc2ccc(OS(=O)(=O)F)cc2C)cc1. The quantitative estimate of drug-likeness (QED) is 0.807. The molecule has 0 atom stereocenters. The van der Waals surface area contributed by atoms with Crippen molar-refractivity contribution in [3.05, 3.63) is 53.6 Å². The van der Waals surface area contributed by atoms with Crippen molar-refractivity contribution in [3.63, 3.8) is 0 Å². The lowest BCUT2D eigenvalue weighted by Gasteiger charge is -2.11. The molecule has 0 saturated heterocycles. The molecular weight excluding hydrogens is 337 g/mol. The Hall–Kier alpha value is -2.61. The van der Waals surface area contributed by atoms with Gasteiger partial charge in [0, 0.05) is 12.6 Å². The first kappa shape index (κ1) is 17.7. The Kier molecular flexibility index (Phi) is 5.40. The van der Waals surface area contributed by atoms with Crippen LogP contribution in [0.4, 0.5) is 9.57 Å². The highest BCUT2D eigenvalue weighted by Crippen LogP contribution is 2.25. The summed E-state index contributed by atoms with van der Waals surface area (Å²) < 4.78 is 43.2. The summed E-state index contributed by atoms with van der Waals surface area (Å²) in [6.45, 7) is 3.40. The van der Waals surface area contributed by atoms with Gasteiger partial charge in [0.2, 0.25) is 5.91 Å². The first-order valence-corrected chi connectivity index (χ1v) is 8.28. The highest BCUT2D eigenvalue weighted by Gasteiger charge is 2.11. The maximum Gasteiger partial charge on any atom is 0.488 e. The summed E-state index contributed by atoms with van der Waals surface area (Å²) in [5.74, 6) is 0.249. The van der Waals surface area contributed by atoms with Crippen molar-refractivity contribution < 1.29 is 26.0 Å². The summed E-state index contributed by atoms with van der Waals surface area (Å²) in [7, 11) is -5.05. The van der Waals surface area contributed by atoms with Crippen LogP contribution in [0.3, 0.4) is 0 Å². The molecule has 2 aromatic rings. The molecule has 24 heavy (non-hydrogen) atoms. The van der Waals surface area contributed by atoms with Crippen LogP contribution < -0.4 is 14.2 Å². The second-order valence-electron chi connectivity index (χ2n) is 5.07. The largest absolute Gasteiger partial charge is 0.489 e. The maximum absolute atomic E-state index is 12.5. The van der Waals surface area contributed by atoms with E-state index in [-0.39, 0.29) is 18.3 Å². The summed E-state index contributed by atoms with van der Waals surface area (Å²) in [5.41, 5.74) is 2.18. The lowest BCUT2D eigenvalue weighted by atomic mass is 10.2. The fourth-order valence-electron chi connectivity index (χ4n) is 2.00. The molecule has 2 aromatic carbocycles. The van der Waals surface area contributed by atoms with Gasteiger partial charge in [0.1, 0.15) is 18.1 Å². The number of amides is 1. The number of hydrogen-bond donors (Lipinski definition) is 1. The highest BCUT2D eigenvalue weighted by atomic mass is 32.3. The molecule has 0 heterocycles. The molecule has 0 unspecified atom stereocenters. The van der Waals surface area contributed by atoms with E-state index in [2.05, 4.69) is 9.50 Å². The van der Waals surface area contributed by atoms with Gasteiger partial charge in [0.05, 0.1) is 0 Å². The van der Waals surface area contributed by atoms with Crippen LogP contribution in [0.15, 0.2) is 42.5 Å². The topological polar surface area (TPSA) is 81.7 Å². The summed E-state index contributed by atoms with van der Waals surface area (Å²) in [6, 6.07) is 11.3. The van der Waals surface area contributed by atoms with Crippen molar-refractivity contribution in [2.45, 2.75) is 20.5 Å². The third kappa shape index (κ3) is 5.54. The highest BCUT2D eigenvalue weighted by molar-refractivity contribution is 7.81. The van der Waals surface area contributed by atoms with Crippen LogP contribution in [0.2, 0.25) is 0 Å². The van der Waals surface area contributed by atoms with E-state index in [9.17, 15) is 17.1 Å².